The molecule has 0 aromatic heterocycles. The molecule has 0 amide bonds. The van der Waals surface area contributed by atoms with Gasteiger partial charge in [0.05, 0.1) is 13.2 Å². The molecule has 0 N–H and O–H groups in total. The molecule has 2 atom stereocenters. The topological polar surface area (TPSA) is 18.5 Å². The minimum atomic E-state index is -0.0421. The Labute approximate surface area is 90.2 Å². The molecule has 1 aromatic carbocycles. The van der Waals surface area contributed by atoms with Crippen molar-refractivity contribution in [3.8, 4) is 5.75 Å². The molecule has 1 spiro atoms. The van der Waals surface area contributed by atoms with Gasteiger partial charge in [-0.15, -0.1) is 0 Å². The number of benzene rings is 1. The van der Waals surface area contributed by atoms with Crippen molar-refractivity contribution in [1.29, 1.82) is 0 Å². The van der Waals surface area contributed by atoms with Crippen LogP contribution in [0.25, 0.3) is 0 Å². The number of rotatable bonds is 0. The molecule has 0 aliphatic carbocycles. The number of hydrogen-bond donors (Lipinski definition) is 0. The van der Waals surface area contributed by atoms with Gasteiger partial charge in [-0.3, -0.25) is 0 Å². The van der Waals surface area contributed by atoms with E-state index in [2.05, 4.69) is 32.0 Å². The maximum Gasteiger partial charge on any atom is 0.125 e. The molecule has 0 bridgehead atoms. The predicted octanol–water partition coefficient (Wildman–Crippen LogP) is 2.64. The van der Waals surface area contributed by atoms with Crippen LogP contribution in [-0.4, -0.2) is 13.2 Å². The van der Waals surface area contributed by atoms with Gasteiger partial charge in [0.1, 0.15) is 11.4 Å². The maximum absolute atomic E-state index is 5.87. The minimum absolute atomic E-state index is 0.0421. The van der Waals surface area contributed by atoms with Gasteiger partial charge in [-0.25, -0.2) is 0 Å². The van der Waals surface area contributed by atoms with E-state index < -0.39 is 0 Å². The van der Waals surface area contributed by atoms with Gasteiger partial charge in [0.2, 0.25) is 0 Å². The Morgan fingerprint density at radius 2 is 2.27 bits per heavy atom. The summed E-state index contributed by atoms with van der Waals surface area (Å²) in [7, 11) is 0. The zero-order valence-corrected chi connectivity index (χ0v) is 9.25. The van der Waals surface area contributed by atoms with Crippen LogP contribution in [0.4, 0.5) is 0 Å². The van der Waals surface area contributed by atoms with Crippen molar-refractivity contribution in [2.75, 3.05) is 13.2 Å². The summed E-state index contributed by atoms with van der Waals surface area (Å²) in [6.45, 7) is 6.04. The molecule has 1 saturated heterocycles. The van der Waals surface area contributed by atoms with E-state index in [9.17, 15) is 0 Å². The van der Waals surface area contributed by atoms with Crippen LogP contribution in [-0.2, 0) is 10.3 Å². The fourth-order valence-electron chi connectivity index (χ4n) is 2.66. The molecular formula is C13H16O2. The second-order valence-corrected chi connectivity index (χ2v) is 4.70. The van der Waals surface area contributed by atoms with Crippen LogP contribution in [0.15, 0.2) is 18.2 Å². The van der Waals surface area contributed by atoms with Crippen molar-refractivity contribution in [2.24, 2.45) is 5.92 Å². The number of fused-ring (bicyclic) bond motifs is 2. The Morgan fingerprint density at radius 1 is 1.40 bits per heavy atom. The largest absolute Gasteiger partial charge is 0.493 e. The van der Waals surface area contributed by atoms with Crippen LogP contribution < -0.4 is 4.74 Å². The molecule has 2 nitrogen and oxygen atoms in total. The standard InChI is InChI=1S/C13H16O2/c1-9-3-4-12-11(7-9)13(5-6-14-12)10(2)8-15-13/h3-4,7,10H,5-6,8H2,1-2H3. The molecule has 2 aliphatic rings. The normalized spacial score (nSPS) is 33.1. The van der Waals surface area contributed by atoms with Crippen LogP contribution in [0.5, 0.6) is 5.75 Å². The fraction of sp³-hybridized carbons (Fsp3) is 0.538. The Balaban J connectivity index is 2.13. The SMILES string of the molecule is Cc1ccc2c(c1)C1(CCO2)OCC1C. The lowest BCUT2D eigenvalue weighted by molar-refractivity contribution is -0.219. The predicted molar refractivity (Wildman–Crippen MR) is 58.1 cm³/mol. The summed E-state index contributed by atoms with van der Waals surface area (Å²) in [6, 6.07) is 6.38. The Kier molecular flexibility index (Phi) is 1.84. The van der Waals surface area contributed by atoms with Gasteiger partial charge >= 0.3 is 0 Å². The first-order valence-electron chi connectivity index (χ1n) is 5.60. The number of hydrogen-bond acceptors (Lipinski definition) is 2. The van der Waals surface area contributed by atoms with Crippen LogP contribution in [0, 0.1) is 12.8 Å². The van der Waals surface area contributed by atoms with E-state index in [0.717, 1.165) is 25.4 Å². The highest BCUT2D eigenvalue weighted by atomic mass is 16.5. The van der Waals surface area contributed by atoms with E-state index >= 15 is 0 Å². The van der Waals surface area contributed by atoms with Gasteiger partial charge in [-0.2, -0.15) is 0 Å². The van der Waals surface area contributed by atoms with Crippen molar-refractivity contribution in [2.45, 2.75) is 25.9 Å². The summed E-state index contributed by atoms with van der Waals surface area (Å²) in [5, 5.41) is 0. The maximum atomic E-state index is 5.87. The lowest BCUT2D eigenvalue weighted by Gasteiger charge is -2.50. The molecule has 2 aliphatic heterocycles. The third-order valence-corrected chi connectivity index (χ3v) is 3.71. The zero-order valence-electron chi connectivity index (χ0n) is 9.25. The number of aryl methyl sites for hydroxylation is 1. The molecule has 2 heteroatoms. The van der Waals surface area contributed by atoms with E-state index in [1.165, 1.54) is 11.1 Å². The second kappa shape index (κ2) is 2.99. The molecule has 80 valence electrons. The molecule has 0 saturated carbocycles. The highest BCUT2D eigenvalue weighted by molar-refractivity contribution is 5.43. The van der Waals surface area contributed by atoms with Gasteiger partial charge in [-0.05, 0) is 19.1 Å². The van der Waals surface area contributed by atoms with Crippen molar-refractivity contribution in [3.63, 3.8) is 0 Å². The van der Waals surface area contributed by atoms with E-state index in [1.54, 1.807) is 0 Å². The smallest absolute Gasteiger partial charge is 0.125 e. The summed E-state index contributed by atoms with van der Waals surface area (Å²) < 4.78 is 11.6. The fourth-order valence-corrected chi connectivity index (χ4v) is 2.66. The highest BCUT2D eigenvalue weighted by Crippen LogP contribution is 2.50. The van der Waals surface area contributed by atoms with Gasteiger partial charge in [0, 0.05) is 17.9 Å². The van der Waals surface area contributed by atoms with Gasteiger partial charge in [0.25, 0.3) is 0 Å². The lowest BCUT2D eigenvalue weighted by Crippen LogP contribution is -2.52. The summed E-state index contributed by atoms with van der Waals surface area (Å²) in [5.41, 5.74) is 2.49. The minimum Gasteiger partial charge on any atom is -0.493 e. The average molecular weight is 204 g/mol. The van der Waals surface area contributed by atoms with Crippen molar-refractivity contribution >= 4 is 0 Å². The molecule has 2 heterocycles. The summed E-state index contributed by atoms with van der Waals surface area (Å²) in [4.78, 5) is 0. The summed E-state index contributed by atoms with van der Waals surface area (Å²) in [6.07, 6.45) is 0.991. The average Bonchev–Trinajstić information content (AvgIpc) is 2.26. The third kappa shape index (κ3) is 1.14. The van der Waals surface area contributed by atoms with Gasteiger partial charge < -0.3 is 9.47 Å². The third-order valence-electron chi connectivity index (χ3n) is 3.71. The van der Waals surface area contributed by atoms with E-state index in [4.69, 9.17) is 9.47 Å². The molecule has 0 radical (unpaired) electrons. The Morgan fingerprint density at radius 3 is 2.93 bits per heavy atom. The van der Waals surface area contributed by atoms with Crippen LogP contribution >= 0.6 is 0 Å². The highest BCUT2D eigenvalue weighted by Gasteiger charge is 2.50. The first-order valence-corrected chi connectivity index (χ1v) is 5.60. The Bertz CT molecular complexity index is 400. The quantitative estimate of drug-likeness (QED) is 0.646. The van der Waals surface area contributed by atoms with Gasteiger partial charge in [0.15, 0.2) is 0 Å². The first kappa shape index (κ1) is 9.22. The summed E-state index contributed by atoms with van der Waals surface area (Å²) in [5.74, 6) is 1.63. The lowest BCUT2D eigenvalue weighted by atomic mass is 9.74. The monoisotopic (exact) mass is 204 g/mol. The first-order chi connectivity index (χ1) is 7.22. The van der Waals surface area contributed by atoms with Crippen molar-refractivity contribution < 1.29 is 9.47 Å². The molecule has 2 unspecified atom stereocenters. The van der Waals surface area contributed by atoms with Crippen LogP contribution in [0.3, 0.4) is 0 Å². The van der Waals surface area contributed by atoms with Crippen LogP contribution in [0.1, 0.15) is 24.5 Å². The zero-order chi connectivity index (χ0) is 10.5. The molecule has 1 aromatic rings. The van der Waals surface area contributed by atoms with E-state index in [0.29, 0.717) is 5.92 Å². The second-order valence-electron chi connectivity index (χ2n) is 4.70. The van der Waals surface area contributed by atoms with Gasteiger partial charge in [-0.1, -0.05) is 18.6 Å². The van der Waals surface area contributed by atoms with Crippen molar-refractivity contribution in [3.05, 3.63) is 29.3 Å². The van der Waals surface area contributed by atoms with Crippen molar-refractivity contribution in [1.82, 2.24) is 0 Å². The van der Waals surface area contributed by atoms with E-state index in [-0.39, 0.29) is 5.60 Å². The Hall–Kier alpha value is -1.02. The molecule has 1 fully saturated rings. The molecular weight excluding hydrogens is 188 g/mol. The van der Waals surface area contributed by atoms with Crippen LogP contribution in [0.2, 0.25) is 0 Å². The number of ether oxygens (including phenoxy) is 2. The summed E-state index contributed by atoms with van der Waals surface area (Å²) >= 11 is 0. The molecule has 3 rings (SSSR count). The van der Waals surface area contributed by atoms with E-state index in [1.807, 2.05) is 0 Å². The molecule has 15 heavy (non-hydrogen) atoms.